The SMILES string of the molecule is CCOC(=O)CC(=O)NC[C@H](OC(=O)C(F)(F)F)c1ccccc1. The number of rotatable bonds is 7. The van der Waals surface area contributed by atoms with E-state index in [0.717, 1.165) is 0 Å². The molecule has 1 rings (SSSR count). The summed E-state index contributed by atoms with van der Waals surface area (Å²) in [5.74, 6) is -3.88. The molecule has 0 fully saturated rings. The largest absolute Gasteiger partial charge is 0.490 e. The van der Waals surface area contributed by atoms with E-state index in [2.05, 4.69) is 14.8 Å². The molecule has 0 saturated heterocycles. The van der Waals surface area contributed by atoms with Crippen LogP contribution in [0.25, 0.3) is 0 Å². The van der Waals surface area contributed by atoms with Gasteiger partial charge in [0.1, 0.15) is 12.5 Å². The molecule has 6 nitrogen and oxygen atoms in total. The summed E-state index contributed by atoms with van der Waals surface area (Å²) in [6.07, 6.45) is -7.07. The number of hydrogen-bond acceptors (Lipinski definition) is 5. The summed E-state index contributed by atoms with van der Waals surface area (Å²) in [5.41, 5.74) is 0.270. The lowest BCUT2D eigenvalue weighted by atomic mass is 10.1. The summed E-state index contributed by atoms with van der Waals surface area (Å²) in [7, 11) is 0. The lowest BCUT2D eigenvalue weighted by Crippen LogP contribution is -2.34. The maximum atomic E-state index is 12.4. The van der Waals surface area contributed by atoms with Crippen LogP contribution in [0.4, 0.5) is 13.2 Å². The first kappa shape index (κ1) is 19.5. The van der Waals surface area contributed by atoms with Crippen molar-refractivity contribution in [1.82, 2.24) is 5.32 Å². The molecule has 0 spiro atoms. The Morgan fingerprint density at radius 3 is 2.33 bits per heavy atom. The summed E-state index contributed by atoms with van der Waals surface area (Å²) >= 11 is 0. The summed E-state index contributed by atoms with van der Waals surface area (Å²) in [5, 5.41) is 2.24. The van der Waals surface area contributed by atoms with E-state index >= 15 is 0 Å². The third-order valence-electron chi connectivity index (χ3n) is 2.75. The molecular weight excluding hydrogens is 331 g/mol. The average Bonchev–Trinajstić information content (AvgIpc) is 2.51. The van der Waals surface area contributed by atoms with Gasteiger partial charge in [-0.15, -0.1) is 0 Å². The number of alkyl halides is 3. The Balaban J connectivity index is 2.71. The molecule has 0 bridgehead atoms. The van der Waals surface area contributed by atoms with Crippen LogP contribution in [0.1, 0.15) is 25.0 Å². The third-order valence-corrected chi connectivity index (χ3v) is 2.75. The van der Waals surface area contributed by atoms with Gasteiger partial charge in [-0.1, -0.05) is 30.3 Å². The summed E-state index contributed by atoms with van der Waals surface area (Å²) in [4.78, 5) is 33.8. The molecule has 0 aliphatic heterocycles. The highest BCUT2D eigenvalue weighted by Crippen LogP contribution is 2.23. The van der Waals surface area contributed by atoms with Gasteiger partial charge in [-0.2, -0.15) is 13.2 Å². The second-order valence-corrected chi connectivity index (χ2v) is 4.59. The van der Waals surface area contributed by atoms with Crippen molar-refractivity contribution in [2.45, 2.75) is 25.6 Å². The van der Waals surface area contributed by atoms with Crippen LogP contribution in [0.2, 0.25) is 0 Å². The Labute approximate surface area is 135 Å². The minimum atomic E-state index is -5.15. The summed E-state index contributed by atoms with van der Waals surface area (Å²) in [6, 6.07) is 7.62. The Kier molecular flexibility index (Phi) is 7.22. The molecule has 0 aliphatic rings. The topological polar surface area (TPSA) is 81.7 Å². The van der Waals surface area contributed by atoms with Crippen LogP contribution in [0, 0.1) is 0 Å². The number of nitrogens with one attached hydrogen (secondary N) is 1. The molecule has 0 heterocycles. The van der Waals surface area contributed by atoms with Crippen molar-refractivity contribution in [2.24, 2.45) is 0 Å². The Bertz CT molecular complexity index is 574. The van der Waals surface area contributed by atoms with Crippen molar-refractivity contribution >= 4 is 17.8 Å². The van der Waals surface area contributed by atoms with E-state index in [4.69, 9.17) is 0 Å². The zero-order chi connectivity index (χ0) is 18.2. The number of carbonyl (C=O) groups excluding carboxylic acids is 3. The van der Waals surface area contributed by atoms with Crippen LogP contribution in [0.15, 0.2) is 30.3 Å². The Hall–Kier alpha value is -2.58. The van der Waals surface area contributed by atoms with E-state index in [1.807, 2.05) is 0 Å². The number of amides is 1. The molecule has 1 aromatic rings. The van der Waals surface area contributed by atoms with Crippen LogP contribution < -0.4 is 5.32 Å². The van der Waals surface area contributed by atoms with E-state index < -0.39 is 43.1 Å². The molecule has 24 heavy (non-hydrogen) atoms. The van der Waals surface area contributed by atoms with E-state index in [-0.39, 0.29) is 12.2 Å². The van der Waals surface area contributed by atoms with Crippen LogP contribution in [0.5, 0.6) is 0 Å². The number of halogens is 3. The minimum Gasteiger partial charge on any atom is -0.466 e. The highest BCUT2D eigenvalue weighted by atomic mass is 19.4. The molecule has 1 amide bonds. The van der Waals surface area contributed by atoms with Gasteiger partial charge in [0.2, 0.25) is 5.91 Å². The molecular formula is C15H16F3NO5. The van der Waals surface area contributed by atoms with Gasteiger partial charge in [0, 0.05) is 0 Å². The van der Waals surface area contributed by atoms with Crippen molar-refractivity contribution in [3.63, 3.8) is 0 Å². The normalized spacial score (nSPS) is 12.2. The smallest absolute Gasteiger partial charge is 0.466 e. The van der Waals surface area contributed by atoms with E-state index in [1.165, 1.54) is 12.1 Å². The summed E-state index contributed by atoms with van der Waals surface area (Å²) < 4.78 is 46.1. The minimum absolute atomic E-state index is 0.0992. The van der Waals surface area contributed by atoms with Gasteiger partial charge < -0.3 is 14.8 Å². The number of esters is 2. The molecule has 132 valence electrons. The molecule has 1 N–H and O–H groups in total. The van der Waals surface area contributed by atoms with E-state index in [0.29, 0.717) is 0 Å². The number of carbonyl (C=O) groups is 3. The summed E-state index contributed by atoms with van der Waals surface area (Å²) in [6.45, 7) is 1.25. The van der Waals surface area contributed by atoms with Crippen molar-refractivity contribution in [2.75, 3.05) is 13.2 Å². The fraction of sp³-hybridized carbons (Fsp3) is 0.400. The average molecular weight is 347 g/mol. The fourth-order valence-electron chi connectivity index (χ4n) is 1.70. The molecule has 0 saturated carbocycles. The van der Waals surface area contributed by atoms with Crippen LogP contribution in [-0.4, -0.2) is 37.2 Å². The van der Waals surface area contributed by atoms with Gasteiger partial charge in [0.25, 0.3) is 0 Å². The number of ether oxygens (including phenoxy) is 2. The molecule has 1 atom stereocenters. The number of hydrogen-bond donors (Lipinski definition) is 1. The highest BCUT2D eigenvalue weighted by molar-refractivity contribution is 5.94. The van der Waals surface area contributed by atoms with Crippen molar-refractivity contribution < 1.29 is 37.0 Å². The van der Waals surface area contributed by atoms with Gasteiger partial charge in [-0.25, -0.2) is 4.79 Å². The Morgan fingerprint density at radius 2 is 1.79 bits per heavy atom. The number of benzene rings is 1. The van der Waals surface area contributed by atoms with E-state index in [1.54, 1.807) is 25.1 Å². The van der Waals surface area contributed by atoms with Crippen molar-refractivity contribution in [1.29, 1.82) is 0 Å². The molecule has 0 unspecified atom stereocenters. The highest BCUT2D eigenvalue weighted by Gasteiger charge is 2.42. The van der Waals surface area contributed by atoms with Crippen molar-refractivity contribution in [3.05, 3.63) is 35.9 Å². The van der Waals surface area contributed by atoms with Gasteiger partial charge in [-0.05, 0) is 12.5 Å². The van der Waals surface area contributed by atoms with Gasteiger partial charge in [-0.3, -0.25) is 9.59 Å². The van der Waals surface area contributed by atoms with Crippen LogP contribution >= 0.6 is 0 Å². The monoisotopic (exact) mass is 347 g/mol. The van der Waals surface area contributed by atoms with Crippen LogP contribution in [0.3, 0.4) is 0 Å². The fourth-order valence-corrected chi connectivity index (χ4v) is 1.70. The first-order chi connectivity index (χ1) is 11.2. The quantitative estimate of drug-likeness (QED) is 0.602. The second-order valence-electron chi connectivity index (χ2n) is 4.59. The zero-order valence-corrected chi connectivity index (χ0v) is 12.8. The lowest BCUT2D eigenvalue weighted by molar-refractivity contribution is -0.205. The second kappa shape index (κ2) is 8.90. The predicted molar refractivity (Wildman–Crippen MR) is 75.6 cm³/mol. The molecule has 9 heteroatoms. The maximum Gasteiger partial charge on any atom is 0.490 e. The molecule has 1 aromatic carbocycles. The van der Waals surface area contributed by atoms with E-state index in [9.17, 15) is 27.6 Å². The van der Waals surface area contributed by atoms with Crippen LogP contribution in [-0.2, 0) is 23.9 Å². The molecule has 0 aromatic heterocycles. The molecule has 0 radical (unpaired) electrons. The zero-order valence-electron chi connectivity index (χ0n) is 12.8. The Morgan fingerprint density at radius 1 is 1.17 bits per heavy atom. The standard InChI is InChI=1S/C15H16F3NO5/c1-2-23-13(21)8-12(20)19-9-11(10-6-4-3-5-7-10)24-14(22)15(16,17)18/h3-7,11H,2,8-9H2,1H3,(H,19,20)/t11-/m0/s1. The van der Waals surface area contributed by atoms with Gasteiger partial charge in [0.05, 0.1) is 13.2 Å². The predicted octanol–water partition coefficient (Wildman–Crippen LogP) is 1.90. The third kappa shape index (κ3) is 6.67. The van der Waals surface area contributed by atoms with Gasteiger partial charge in [0.15, 0.2) is 0 Å². The first-order valence-electron chi connectivity index (χ1n) is 6.99. The molecule has 0 aliphatic carbocycles. The lowest BCUT2D eigenvalue weighted by Gasteiger charge is -2.19. The first-order valence-corrected chi connectivity index (χ1v) is 6.99. The maximum absolute atomic E-state index is 12.4. The van der Waals surface area contributed by atoms with Crippen molar-refractivity contribution in [3.8, 4) is 0 Å². The van der Waals surface area contributed by atoms with Gasteiger partial charge >= 0.3 is 18.1 Å².